The van der Waals surface area contributed by atoms with E-state index < -0.39 is 0 Å². The molecule has 1 atom stereocenters. The lowest BCUT2D eigenvalue weighted by Gasteiger charge is -2.30. The molecule has 3 rings (SSSR count). The van der Waals surface area contributed by atoms with Crippen LogP contribution in [0.5, 0.6) is 0 Å². The van der Waals surface area contributed by atoms with Crippen LogP contribution in [0.2, 0.25) is 0 Å². The second kappa shape index (κ2) is 5.90. The van der Waals surface area contributed by atoms with E-state index in [1.807, 2.05) is 11.3 Å². The number of ether oxygens (including phenoxy) is 1. The first-order chi connectivity index (χ1) is 9.24. The van der Waals surface area contributed by atoms with Crippen molar-refractivity contribution < 1.29 is 4.74 Å². The molecule has 1 N–H and O–H groups in total. The molecular formula is C15H24N2OS. The number of thiazole rings is 1. The zero-order chi connectivity index (χ0) is 13.2. The predicted molar refractivity (Wildman–Crippen MR) is 78.6 cm³/mol. The van der Waals surface area contributed by atoms with Gasteiger partial charge in [-0.2, -0.15) is 0 Å². The van der Waals surface area contributed by atoms with Gasteiger partial charge in [-0.25, -0.2) is 4.98 Å². The van der Waals surface area contributed by atoms with Gasteiger partial charge < -0.3 is 10.1 Å². The highest BCUT2D eigenvalue weighted by atomic mass is 32.1. The summed E-state index contributed by atoms with van der Waals surface area (Å²) in [5.74, 6) is 1.22. The molecule has 1 unspecified atom stereocenters. The van der Waals surface area contributed by atoms with E-state index in [1.165, 1.54) is 36.4 Å². The van der Waals surface area contributed by atoms with Gasteiger partial charge in [0.15, 0.2) is 0 Å². The predicted octanol–water partition coefficient (Wildman–Crippen LogP) is 3.49. The topological polar surface area (TPSA) is 34.1 Å². The molecule has 1 aromatic rings. The van der Waals surface area contributed by atoms with Gasteiger partial charge in [-0.05, 0) is 37.5 Å². The van der Waals surface area contributed by atoms with Crippen LogP contribution in [0.4, 0.5) is 0 Å². The molecule has 4 heteroatoms. The molecule has 1 aromatic heterocycles. The number of nitrogens with zero attached hydrogens (tertiary/aromatic N) is 1. The smallest absolute Gasteiger partial charge is 0.110 e. The fourth-order valence-corrected chi connectivity index (χ4v) is 3.80. The Hall–Kier alpha value is -0.450. The van der Waals surface area contributed by atoms with Crippen molar-refractivity contribution >= 4 is 11.3 Å². The average molecular weight is 280 g/mol. The maximum Gasteiger partial charge on any atom is 0.110 e. The summed E-state index contributed by atoms with van der Waals surface area (Å²) < 4.78 is 5.50. The van der Waals surface area contributed by atoms with E-state index in [9.17, 15) is 0 Å². The molecular weight excluding hydrogens is 256 g/mol. The van der Waals surface area contributed by atoms with Gasteiger partial charge in [-0.1, -0.05) is 13.8 Å². The minimum absolute atomic E-state index is 0.453. The number of rotatable bonds is 5. The van der Waals surface area contributed by atoms with Gasteiger partial charge in [0, 0.05) is 24.6 Å². The molecule has 2 aliphatic rings. The zero-order valence-electron chi connectivity index (χ0n) is 11.9. The fourth-order valence-electron chi connectivity index (χ4n) is 2.67. The van der Waals surface area contributed by atoms with Crippen molar-refractivity contribution in [1.82, 2.24) is 10.3 Å². The summed E-state index contributed by atoms with van der Waals surface area (Å²) in [6.07, 6.45) is 5.01. The number of hydrogen-bond acceptors (Lipinski definition) is 4. The van der Waals surface area contributed by atoms with Gasteiger partial charge in [-0.15, -0.1) is 11.3 Å². The summed E-state index contributed by atoms with van der Waals surface area (Å²) in [6, 6.07) is 1.19. The summed E-state index contributed by atoms with van der Waals surface area (Å²) in [4.78, 5) is 4.88. The van der Waals surface area contributed by atoms with Crippen molar-refractivity contribution in [2.45, 2.75) is 57.5 Å². The third kappa shape index (κ3) is 3.36. The quantitative estimate of drug-likeness (QED) is 0.896. The second-order valence-corrected chi connectivity index (χ2v) is 7.02. The SMILES string of the molecule is CC(C)c1csc(C(NC2CC2)C2CCOCC2)n1. The molecule has 0 spiro atoms. The van der Waals surface area contributed by atoms with Crippen LogP contribution in [-0.2, 0) is 4.74 Å². The van der Waals surface area contributed by atoms with Crippen LogP contribution in [0.15, 0.2) is 5.38 Å². The van der Waals surface area contributed by atoms with Crippen LogP contribution in [0, 0.1) is 5.92 Å². The molecule has 3 nitrogen and oxygen atoms in total. The van der Waals surface area contributed by atoms with Crippen LogP contribution in [0.25, 0.3) is 0 Å². The van der Waals surface area contributed by atoms with E-state index in [4.69, 9.17) is 9.72 Å². The van der Waals surface area contributed by atoms with Gasteiger partial charge in [0.05, 0.1) is 11.7 Å². The highest BCUT2D eigenvalue weighted by Gasteiger charge is 2.33. The maximum absolute atomic E-state index is 5.50. The minimum atomic E-state index is 0.453. The van der Waals surface area contributed by atoms with Crippen molar-refractivity contribution in [2.24, 2.45) is 5.92 Å². The molecule has 0 aromatic carbocycles. The highest BCUT2D eigenvalue weighted by Crippen LogP contribution is 2.35. The number of hydrogen-bond donors (Lipinski definition) is 1. The molecule has 2 fully saturated rings. The Bertz CT molecular complexity index is 408. The normalized spacial score (nSPS) is 22.9. The van der Waals surface area contributed by atoms with Crippen molar-refractivity contribution in [3.05, 3.63) is 16.1 Å². The highest BCUT2D eigenvalue weighted by molar-refractivity contribution is 7.09. The van der Waals surface area contributed by atoms with Gasteiger partial charge >= 0.3 is 0 Å². The Morgan fingerprint density at radius 2 is 2.00 bits per heavy atom. The maximum atomic E-state index is 5.50. The lowest BCUT2D eigenvalue weighted by Crippen LogP contribution is -2.33. The number of aromatic nitrogens is 1. The Balaban J connectivity index is 1.75. The molecule has 1 saturated heterocycles. The van der Waals surface area contributed by atoms with Crippen LogP contribution >= 0.6 is 11.3 Å². The molecule has 1 aliphatic heterocycles. The Morgan fingerprint density at radius 3 is 2.58 bits per heavy atom. The van der Waals surface area contributed by atoms with Crippen molar-refractivity contribution in [3.8, 4) is 0 Å². The van der Waals surface area contributed by atoms with E-state index in [1.54, 1.807) is 0 Å². The van der Waals surface area contributed by atoms with E-state index in [0.717, 1.165) is 19.3 Å². The van der Waals surface area contributed by atoms with Crippen LogP contribution in [-0.4, -0.2) is 24.2 Å². The first-order valence-electron chi connectivity index (χ1n) is 7.53. The number of nitrogens with one attached hydrogen (secondary N) is 1. The molecule has 1 saturated carbocycles. The van der Waals surface area contributed by atoms with E-state index >= 15 is 0 Å². The molecule has 0 radical (unpaired) electrons. The largest absolute Gasteiger partial charge is 0.381 e. The third-order valence-electron chi connectivity index (χ3n) is 4.13. The van der Waals surface area contributed by atoms with Gasteiger partial charge in [-0.3, -0.25) is 0 Å². The average Bonchev–Trinajstić information content (AvgIpc) is 3.11. The monoisotopic (exact) mass is 280 g/mol. The van der Waals surface area contributed by atoms with Gasteiger partial charge in [0.2, 0.25) is 0 Å². The standard InChI is InChI=1S/C15H24N2OS/c1-10(2)13-9-19-15(17-13)14(16-12-3-4-12)11-5-7-18-8-6-11/h9-12,14,16H,3-8H2,1-2H3. The second-order valence-electron chi connectivity index (χ2n) is 6.13. The molecule has 0 bridgehead atoms. The zero-order valence-corrected chi connectivity index (χ0v) is 12.7. The van der Waals surface area contributed by atoms with E-state index in [0.29, 0.717) is 17.9 Å². The van der Waals surface area contributed by atoms with Crippen molar-refractivity contribution in [3.63, 3.8) is 0 Å². The van der Waals surface area contributed by atoms with Crippen LogP contribution in [0.3, 0.4) is 0 Å². The first-order valence-corrected chi connectivity index (χ1v) is 8.41. The molecule has 19 heavy (non-hydrogen) atoms. The van der Waals surface area contributed by atoms with Crippen molar-refractivity contribution in [1.29, 1.82) is 0 Å². The summed E-state index contributed by atoms with van der Waals surface area (Å²) in [5.41, 5.74) is 1.25. The summed E-state index contributed by atoms with van der Waals surface area (Å²) in [6.45, 7) is 6.26. The molecule has 0 amide bonds. The van der Waals surface area contributed by atoms with Gasteiger partial charge in [0.1, 0.15) is 5.01 Å². The minimum Gasteiger partial charge on any atom is -0.381 e. The van der Waals surface area contributed by atoms with E-state index in [2.05, 4.69) is 24.5 Å². The Kier molecular flexibility index (Phi) is 4.20. The van der Waals surface area contributed by atoms with Crippen LogP contribution < -0.4 is 5.32 Å². The molecule has 1 aliphatic carbocycles. The summed E-state index contributed by atoms with van der Waals surface area (Å²) >= 11 is 1.83. The lowest BCUT2D eigenvalue weighted by atomic mass is 9.92. The Labute approximate surface area is 119 Å². The van der Waals surface area contributed by atoms with Crippen molar-refractivity contribution in [2.75, 3.05) is 13.2 Å². The van der Waals surface area contributed by atoms with Gasteiger partial charge in [0.25, 0.3) is 0 Å². The lowest BCUT2D eigenvalue weighted by molar-refractivity contribution is 0.0532. The summed E-state index contributed by atoms with van der Waals surface area (Å²) in [7, 11) is 0. The fraction of sp³-hybridized carbons (Fsp3) is 0.800. The first kappa shape index (κ1) is 13.5. The van der Waals surface area contributed by atoms with Crippen LogP contribution in [0.1, 0.15) is 62.2 Å². The molecule has 106 valence electrons. The Morgan fingerprint density at radius 1 is 1.26 bits per heavy atom. The third-order valence-corrected chi connectivity index (χ3v) is 5.07. The molecule has 2 heterocycles. The summed E-state index contributed by atoms with van der Waals surface area (Å²) in [5, 5.41) is 7.35. The van der Waals surface area contributed by atoms with E-state index in [-0.39, 0.29) is 0 Å².